The van der Waals surface area contributed by atoms with E-state index in [0.29, 0.717) is 40.8 Å². The van der Waals surface area contributed by atoms with Gasteiger partial charge in [-0.15, -0.1) is 0 Å². The van der Waals surface area contributed by atoms with E-state index in [2.05, 4.69) is 42.1 Å². The summed E-state index contributed by atoms with van der Waals surface area (Å²) in [7, 11) is 0. The van der Waals surface area contributed by atoms with Crippen LogP contribution < -0.4 is 0 Å². The first-order valence-corrected chi connectivity index (χ1v) is 12.5. The van der Waals surface area contributed by atoms with Gasteiger partial charge in [0.05, 0.1) is 17.8 Å². The average molecular weight is 471 g/mol. The first kappa shape index (κ1) is 22.1. The number of amides is 1. The van der Waals surface area contributed by atoms with Gasteiger partial charge in [-0.25, -0.2) is 0 Å². The van der Waals surface area contributed by atoms with Crippen molar-refractivity contribution in [2.75, 3.05) is 0 Å². The van der Waals surface area contributed by atoms with E-state index in [4.69, 9.17) is 0 Å². The molecule has 3 heterocycles. The summed E-state index contributed by atoms with van der Waals surface area (Å²) in [5.41, 5.74) is 4.92. The van der Waals surface area contributed by atoms with Gasteiger partial charge in [-0.3, -0.25) is 24.0 Å². The van der Waals surface area contributed by atoms with Crippen molar-refractivity contribution >= 4 is 28.4 Å². The zero-order valence-electron chi connectivity index (χ0n) is 20.4. The first-order chi connectivity index (χ1) is 16.8. The maximum Gasteiger partial charge on any atom is 0.245 e. The molecule has 0 spiro atoms. The number of carbonyl (C=O) groups excluding carboxylic acids is 3. The van der Waals surface area contributed by atoms with Crippen molar-refractivity contribution in [1.29, 1.82) is 0 Å². The second-order valence-electron chi connectivity index (χ2n) is 10.7. The number of hydrogen-bond acceptors (Lipinski definition) is 5. The maximum atomic E-state index is 13.5. The number of hydrogen-bond donors (Lipinski definition) is 0. The Hall–Kier alpha value is -3.35. The normalized spacial score (nSPS) is 26.6. The fourth-order valence-corrected chi connectivity index (χ4v) is 5.98. The summed E-state index contributed by atoms with van der Waals surface area (Å²) in [4.78, 5) is 44.8. The Morgan fingerprint density at radius 2 is 1.89 bits per heavy atom. The van der Waals surface area contributed by atoms with Gasteiger partial charge in [0.15, 0.2) is 11.6 Å². The molecule has 7 heteroatoms. The van der Waals surface area contributed by atoms with E-state index in [9.17, 15) is 14.4 Å². The van der Waals surface area contributed by atoms with Gasteiger partial charge < -0.3 is 4.90 Å². The molecular formula is C28H30N4O3. The molecule has 0 radical (unpaired) electrons. The van der Waals surface area contributed by atoms with Gasteiger partial charge in [-0.1, -0.05) is 18.2 Å². The predicted molar refractivity (Wildman–Crippen MR) is 131 cm³/mol. The second-order valence-corrected chi connectivity index (χ2v) is 10.7. The Bertz CT molecular complexity index is 1380. The summed E-state index contributed by atoms with van der Waals surface area (Å²) in [6, 6.07) is 8.19. The molecule has 0 N–H and O–H groups in total. The molecule has 2 saturated carbocycles. The number of carbonyl (C=O) groups is 3. The van der Waals surface area contributed by atoms with Crippen LogP contribution in [-0.4, -0.2) is 49.2 Å². The molecule has 0 bridgehead atoms. The third kappa shape index (κ3) is 3.87. The quantitative estimate of drug-likeness (QED) is 0.487. The Labute approximate surface area is 204 Å². The molecular weight excluding hydrogens is 440 g/mol. The summed E-state index contributed by atoms with van der Waals surface area (Å²) >= 11 is 0. The van der Waals surface area contributed by atoms with E-state index < -0.39 is 0 Å². The average Bonchev–Trinajstić information content (AvgIpc) is 3.71. The number of benzene rings is 1. The minimum Gasteiger partial charge on any atom is -0.328 e. The highest BCUT2D eigenvalue weighted by molar-refractivity contribution is 6.04. The fraction of sp³-hybridized carbons (Fsp3) is 0.464. The zero-order chi connectivity index (χ0) is 24.4. The molecule has 2 unspecified atom stereocenters. The van der Waals surface area contributed by atoms with Crippen LogP contribution in [0.5, 0.6) is 0 Å². The van der Waals surface area contributed by atoms with Gasteiger partial charge in [0, 0.05) is 31.0 Å². The molecule has 180 valence electrons. The van der Waals surface area contributed by atoms with Crippen LogP contribution in [0.15, 0.2) is 36.7 Å². The van der Waals surface area contributed by atoms with Gasteiger partial charge >= 0.3 is 0 Å². The van der Waals surface area contributed by atoms with Gasteiger partial charge in [-0.2, -0.15) is 5.10 Å². The Kier molecular flexibility index (Phi) is 5.13. The summed E-state index contributed by atoms with van der Waals surface area (Å²) < 4.78 is 1.56. The smallest absolute Gasteiger partial charge is 0.245 e. The highest BCUT2D eigenvalue weighted by Crippen LogP contribution is 2.52. The van der Waals surface area contributed by atoms with Gasteiger partial charge in [0.25, 0.3) is 0 Å². The minimum absolute atomic E-state index is 0.0111. The molecule has 1 saturated heterocycles. The molecule has 1 aromatic carbocycles. The standard InChI is InChI=1S/C28H30N4O3/c1-15-4-5-18(8-16(15)2)22-9-19(22)12-26(34)24-11-20-10-23(20)32(24)27(35)14-31-25-13-29-7-6-21(25)28(30-31)17(3)33/h4-8,13,19-20,22-24H,9-12,14H2,1-3H3/t19?,20-,22?,23-,24+/m1/s1. The van der Waals surface area contributed by atoms with Gasteiger partial charge in [0.1, 0.15) is 12.2 Å². The molecule has 5 atom stereocenters. The highest BCUT2D eigenvalue weighted by atomic mass is 16.2. The molecule has 2 aliphatic carbocycles. The monoisotopic (exact) mass is 470 g/mol. The van der Waals surface area contributed by atoms with E-state index in [-0.39, 0.29) is 36.1 Å². The van der Waals surface area contributed by atoms with Crippen LogP contribution in [0.3, 0.4) is 0 Å². The molecule has 35 heavy (non-hydrogen) atoms. The van der Waals surface area contributed by atoms with Crippen LogP contribution in [0.25, 0.3) is 10.9 Å². The number of Topliss-reactive ketones (excluding diaryl/α,β-unsaturated/α-hetero) is 2. The van der Waals surface area contributed by atoms with Crippen LogP contribution in [0.4, 0.5) is 0 Å². The van der Waals surface area contributed by atoms with Crippen molar-refractivity contribution < 1.29 is 14.4 Å². The molecule has 3 fully saturated rings. The summed E-state index contributed by atoms with van der Waals surface area (Å²) in [5.74, 6) is 1.21. The summed E-state index contributed by atoms with van der Waals surface area (Å²) in [6.45, 7) is 5.74. The van der Waals surface area contributed by atoms with E-state index in [1.165, 1.54) is 23.6 Å². The first-order valence-electron chi connectivity index (χ1n) is 12.5. The van der Waals surface area contributed by atoms with Gasteiger partial charge in [-0.05, 0) is 73.6 Å². The van der Waals surface area contributed by atoms with Crippen molar-refractivity contribution in [2.45, 2.75) is 71.0 Å². The van der Waals surface area contributed by atoms with Crippen molar-refractivity contribution in [3.63, 3.8) is 0 Å². The van der Waals surface area contributed by atoms with Gasteiger partial charge in [0.2, 0.25) is 5.91 Å². The van der Waals surface area contributed by atoms with Crippen LogP contribution >= 0.6 is 0 Å². The number of nitrogens with zero attached hydrogens (tertiary/aromatic N) is 4. The Balaban J connectivity index is 1.16. The number of aromatic nitrogens is 3. The number of rotatable bonds is 7. The van der Waals surface area contributed by atoms with Crippen molar-refractivity contribution in [3.8, 4) is 0 Å². The summed E-state index contributed by atoms with van der Waals surface area (Å²) in [5, 5.41) is 5.12. The molecule has 3 aliphatic rings. The summed E-state index contributed by atoms with van der Waals surface area (Å²) in [6.07, 6.45) is 6.58. The topological polar surface area (TPSA) is 85.2 Å². The number of piperidine rings is 1. The molecule has 7 nitrogen and oxygen atoms in total. The maximum absolute atomic E-state index is 13.5. The predicted octanol–water partition coefficient (Wildman–Crippen LogP) is 4.00. The number of likely N-dealkylation sites (tertiary alicyclic amines) is 1. The number of fused-ring (bicyclic) bond motifs is 2. The van der Waals surface area contributed by atoms with E-state index >= 15 is 0 Å². The van der Waals surface area contributed by atoms with E-state index in [0.717, 1.165) is 19.3 Å². The van der Waals surface area contributed by atoms with Crippen LogP contribution in [0, 0.1) is 25.7 Å². The number of aryl methyl sites for hydroxylation is 2. The van der Waals surface area contributed by atoms with Crippen LogP contribution in [0.2, 0.25) is 0 Å². The van der Waals surface area contributed by atoms with Crippen LogP contribution in [-0.2, 0) is 16.1 Å². The second kappa shape index (κ2) is 8.11. The molecule has 1 aliphatic heterocycles. The lowest BCUT2D eigenvalue weighted by molar-refractivity contribution is -0.139. The zero-order valence-corrected chi connectivity index (χ0v) is 20.4. The fourth-order valence-electron chi connectivity index (χ4n) is 5.98. The lowest BCUT2D eigenvalue weighted by Crippen LogP contribution is -2.44. The van der Waals surface area contributed by atoms with Crippen molar-refractivity contribution in [3.05, 3.63) is 59.0 Å². The van der Waals surface area contributed by atoms with Crippen molar-refractivity contribution in [1.82, 2.24) is 19.7 Å². The van der Waals surface area contributed by atoms with E-state index in [1.807, 2.05) is 4.90 Å². The lowest BCUT2D eigenvalue weighted by Gasteiger charge is -2.27. The van der Waals surface area contributed by atoms with E-state index in [1.54, 1.807) is 23.1 Å². The lowest BCUT2D eigenvalue weighted by atomic mass is 9.98. The third-order valence-electron chi connectivity index (χ3n) is 8.28. The molecule has 6 rings (SSSR count). The van der Waals surface area contributed by atoms with Crippen molar-refractivity contribution in [2.24, 2.45) is 11.8 Å². The number of pyridine rings is 1. The third-order valence-corrected chi connectivity index (χ3v) is 8.28. The van der Waals surface area contributed by atoms with Crippen LogP contribution in [0.1, 0.15) is 65.7 Å². The largest absolute Gasteiger partial charge is 0.328 e. The molecule has 1 amide bonds. The Morgan fingerprint density at radius 1 is 1.06 bits per heavy atom. The minimum atomic E-state index is -0.334. The molecule has 3 aromatic rings. The SMILES string of the molecule is CC(=O)c1nn(CC(=O)N2[C@@H]3C[C@@H]3C[C@H]2C(=O)CC2CC2c2ccc(C)c(C)c2)c2cnccc12. The molecule has 2 aromatic heterocycles. The Morgan fingerprint density at radius 3 is 2.66 bits per heavy atom. The number of ketones is 2. The highest BCUT2D eigenvalue weighted by Gasteiger charge is 2.56.